The third-order valence-corrected chi connectivity index (χ3v) is 5.25. The van der Waals surface area contributed by atoms with Gasteiger partial charge in [0.2, 0.25) is 5.91 Å². The van der Waals surface area contributed by atoms with E-state index in [-0.39, 0.29) is 18.0 Å². The highest BCUT2D eigenvalue weighted by atomic mass is 19.4. The number of halogens is 3. The van der Waals surface area contributed by atoms with Crippen LogP contribution in [0.5, 0.6) is 0 Å². The van der Waals surface area contributed by atoms with E-state index in [2.05, 4.69) is 10.1 Å². The lowest BCUT2D eigenvalue weighted by Gasteiger charge is -2.35. The highest BCUT2D eigenvalue weighted by Gasteiger charge is 2.31. The molecule has 0 aliphatic carbocycles. The smallest absolute Gasteiger partial charge is 0.353 e. The van der Waals surface area contributed by atoms with Gasteiger partial charge in [-0.2, -0.15) is 18.3 Å². The van der Waals surface area contributed by atoms with Gasteiger partial charge >= 0.3 is 6.18 Å². The Bertz CT molecular complexity index is 1140. The molecule has 0 unspecified atom stereocenters. The average molecular weight is 443 g/mol. The van der Waals surface area contributed by atoms with E-state index in [1.54, 1.807) is 11.0 Å². The van der Waals surface area contributed by atoms with Crippen molar-refractivity contribution in [2.75, 3.05) is 31.1 Å². The zero-order valence-corrected chi connectivity index (χ0v) is 17.0. The minimum absolute atomic E-state index is 0.183. The van der Waals surface area contributed by atoms with Crippen LogP contribution in [-0.2, 0) is 17.5 Å². The molecule has 1 aliphatic rings. The van der Waals surface area contributed by atoms with Crippen molar-refractivity contribution in [3.05, 3.63) is 76.7 Å². The molecule has 7 nitrogen and oxygen atoms in total. The van der Waals surface area contributed by atoms with Crippen molar-refractivity contribution < 1.29 is 18.0 Å². The standard InChI is InChI=1S/C22H20F3N5O2/c23-22(24,25)17-6-8-19(26-14-17)28-10-12-29(13-11-28)21(32)15-30-20(31)9-7-18(27-30)16-4-2-1-3-5-16/h1-9,14H,10-13,15H2. The van der Waals surface area contributed by atoms with Crippen LogP contribution in [0.3, 0.4) is 0 Å². The van der Waals surface area contributed by atoms with Gasteiger partial charge < -0.3 is 9.80 Å². The molecule has 0 saturated carbocycles. The zero-order chi connectivity index (χ0) is 22.7. The van der Waals surface area contributed by atoms with Gasteiger partial charge in [0.1, 0.15) is 12.4 Å². The van der Waals surface area contributed by atoms with E-state index in [4.69, 9.17) is 0 Å². The van der Waals surface area contributed by atoms with Gasteiger partial charge in [-0.3, -0.25) is 9.59 Å². The topological polar surface area (TPSA) is 71.3 Å². The molecule has 3 heterocycles. The maximum atomic E-state index is 12.7. The van der Waals surface area contributed by atoms with Crippen LogP contribution in [0.2, 0.25) is 0 Å². The van der Waals surface area contributed by atoms with E-state index in [1.165, 1.54) is 12.1 Å². The number of hydrogen-bond acceptors (Lipinski definition) is 5. The van der Waals surface area contributed by atoms with E-state index < -0.39 is 11.7 Å². The number of benzene rings is 1. The minimum Gasteiger partial charge on any atom is -0.353 e. The fourth-order valence-corrected chi connectivity index (χ4v) is 3.48. The second-order valence-corrected chi connectivity index (χ2v) is 7.35. The summed E-state index contributed by atoms with van der Waals surface area (Å²) in [6.07, 6.45) is -3.62. The quantitative estimate of drug-likeness (QED) is 0.620. The monoisotopic (exact) mass is 443 g/mol. The van der Waals surface area contributed by atoms with Crippen molar-refractivity contribution >= 4 is 11.7 Å². The molecule has 166 valence electrons. The molecule has 0 N–H and O–H groups in total. The molecule has 3 aromatic rings. The summed E-state index contributed by atoms with van der Waals surface area (Å²) in [6.45, 7) is 1.41. The van der Waals surface area contributed by atoms with Crippen molar-refractivity contribution in [1.29, 1.82) is 0 Å². The molecule has 0 bridgehead atoms. The lowest BCUT2D eigenvalue weighted by Crippen LogP contribution is -2.50. The molecule has 0 radical (unpaired) electrons. The van der Waals surface area contributed by atoms with Crippen LogP contribution in [0.25, 0.3) is 11.3 Å². The number of amides is 1. The van der Waals surface area contributed by atoms with E-state index in [1.807, 2.05) is 35.2 Å². The molecule has 0 atom stereocenters. The Morgan fingerprint density at radius 3 is 2.28 bits per heavy atom. The van der Waals surface area contributed by atoms with Crippen molar-refractivity contribution in [2.45, 2.75) is 12.7 Å². The number of rotatable bonds is 4. The highest BCUT2D eigenvalue weighted by Crippen LogP contribution is 2.29. The van der Waals surface area contributed by atoms with E-state index in [0.29, 0.717) is 37.7 Å². The summed E-state index contributed by atoms with van der Waals surface area (Å²) < 4.78 is 39.3. The number of alkyl halides is 3. The Morgan fingerprint density at radius 1 is 0.938 bits per heavy atom. The number of nitrogens with zero attached hydrogens (tertiary/aromatic N) is 5. The predicted octanol–water partition coefficient (Wildman–Crippen LogP) is 2.67. The molecule has 0 spiro atoms. The van der Waals surface area contributed by atoms with Crippen LogP contribution in [0.4, 0.5) is 19.0 Å². The Kier molecular flexibility index (Phi) is 5.93. The van der Waals surface area contributed by atoms with Crippen LogP contribution < -0.4 is 10.5 Å². The summed E-state index contributed by atoms with van der Waals surface area (Å²) in [4.78, 5) is 32.3. The van der Waals surface area contributed by atoms with Crippen molar-refractivity contribution in [1.82, 2.24) is 19.7 Å². The summed E-state index contributed by atoms with van der Waals surface area (Å²) in [5.41, 5.74) is 0.263. The summed E-state index contributed by atoms with van der Waals surface area (Å²) in [7, 11) is 0. The Morgan fingerprint density at radius 2 is 1.66 bits per heavy atom. The van der Waals surface area contributed by atoms with Gasteiger partial charge in [-0.05, 0) is 18.2 Å². The van der Waals surface area contributed by atoms with Crippen LogP contribution >= 0.6 is 0 Å². The Hall–Kier alpha value is -3.69. The first-order chi connectivity index (χ1) is 15.3. The maximum absolute atomic E-state index is 12.7. The molecule has 1 aliphatic heterocycles. The zero-order valence-electron chi connectivity index (χ0n) is 17.0. The molecule has 4 rings (SSSR count). The molecule has 1 amide bonds. The largest absolute Gasteiger partial charge is 0.417 e. The van der Waals surface area contributed by atoms with Crippen LogP contribution in [-0.4, -0.2) is 51.8 Å². The van der Waals surface area contributed by atoms with Gasteiger partial charge in [0.15, 0.2) is 0 Å². The fraction of sp³-hybridized carbons (Fsp3) is 0.273. The fourth-order valence-electron chi connectivity index (χ4n) is 3.48. The van der Waals surface area contributed by atoms with Crippen LogP contribution in [0.15, 0.2) is 65.6 Å². The molecule has 2 aromatic heterocycles. The van der Waals surface area contributed by atoms with Crippen molar-refractivity contribution in [2.24, 2.45) is 0 Å². The highest BCUT2D eigenvalue weighted by molar-refractivity contribution is 5.76. The summed E-state index contributed by atoms with van der Waals surface area (Å²) in [5.74, 6) is 0.184. The molecule has 10 heteroatoms. The molecule has 1 aromatic carbocycles. The second-order valence-electron chi connectivity index (χ2n) is 7.35. The normalized spacial score (nSPS) is 14.5. The SMILES string of the molecule is O=C(Cn1nc(-c2ccccc2)ccc1=O)N1CCN(c2ccc(C(F)(F)F)cn2)CC1. The molecular weight excluding hydrogens is 423 g/mol. The summed E-state index contributed by atoms with van der Waals surface area (Å²) in [5, 5.41) is 4.31. The molecule has 1 fully saturated rings. The Balaban J connectivity index is 1.38. The van der Waals surface area contributed by atoms with Crippen LogP contribution in [0.1, 0.15) is 5.56 Å². The molecule has 32 heavy (non-hydrogen) atoms. The number of aromatic nitrogens is 3. The Labute approximate surface area is 181 Å². The third kappa shape index (κ3) is 4.79. The van der Waals surface area contributed by atoms with Crippen LogP contribution in [0, 0.1) is 0 Å². The average Bonchev–Trinajstić information content (AvgIpc) is 2.81. The number of hydrogen-bond donors (Lipinski definition) is 0. The molecular formula is C22H20F3N5O2. The summed E-state index contributed by atoms with van der Waals surface area (Å²) >= 11 is 0. The van der Waals surface area contributed by atoms with Gasteiger partial charge in [-0.1, -0.05) is 30.3 Å². The third-order valence-electron chi connectivity index (χ3n) is 5.25. The van der Waals surface area contributed by atoms with E-state index >= 15 is 0 Å². The lowest BCUT2D eigenvalue weighted by molar-refractivity contribution is -0.138. The summed E-state index contributed by atoms with van der Waals surface area (Å²) in [6, 6.07) is 14.7. The first-order valence-corrected chi connectivity index (χ1v) is 10.0. The first kappa shape index (κ1) is 21.5. The predicted molar refractivity (Wildman–Crippen MR) is 112 cm³/mol. The second kappa shape index (κ2) is 8.81. The number of piperazine rings is 1. The van der Waals surface area contributed by atoms with Crippen molar-refractivity contribution in [3.8, 4) is 11.3 Å². The van der Waals surface area contributed by atoms with Gasteiger partial charge in [0.25, 0.3) is 5.56 Å². The molecule has 1 saturated heterocycles. The number of anilines is 1. The van der Waals surface area contributed by atoms with E-state index in [9.17, 15) is 22.8 Å². The number of pyridine rings is 1. The number of carbonyl (C=O) groups excluding carboxylic acids is 1. The number of carbonyl (C=O) groups is 1. The van der Waals surface area contributed by atoms with Gasteiger partial charge in [0, 0.05) is 44.0 Å². The lowest BCUT2D eigenvalue weighted by atomic mass is 10.1. The first-order valence-electron chi connectivity index (χ1n) is 10.0. The van der Waals surface area contributed by atoms with Gasteiger partial charge in [-0.25, -0.2) is 9.67 Å². The minimum atomic E-state index is -4.43. The maximum Gasteiger partial charge on any atom is 0.417 e. The van der Waals surface area contributed by atoms with Gasteiger partial charge in [0.05, 0.1) is 11.3 Å². The van der Waals surface area contributed by atoms with Gasteiger partial charge in [-0.15, -0.1) is 0 Å². The van der Waals surface area contributed by atoms with Crippen molar-refractivity contribution in [3.63, 3.8) is 0 Å². The van der Waals surface area contributed by atoms with E-state index in [0.717, 1.165) is 22.5 Å².